The summed E-state index contributed by atoms with van der Waals surface area (Å²) in [7, 11) is -2.22. The van der Waals surface area contributed by atoms with Crippen molar-refractivity contribution < 1.29 is 13.2 Å². The summed E-state index contributed by atoms with van der Waals surface area (Å²) < 4.78 is 31.4. The van der Waals surface area contributed by atoms with Crippen LogP contribution in [0.3, 0.4) is 0 Å². The Morgan fingerprint density at radius 2 is 1.86 bits per heavy atom. The number of nitrogen functional groups attached to an aromatic ring is 1. The van der Waals surface area contributed by atoms with Crippen LogP contribution in [0, 0.1) is 0 Å². The van der Waals surface area contributed by atoms with E-state index < -0.39 is 10.0 Å². The van der Waals surface area contributed by atoms with Crippen LogP contribution in [0.4, 0.5) is 5.69 Å². The minimum absolute atomic E-state index is 0.0414. The summed E-state index contributed by atoms with van der Waals surface area (Å²) in [6.07, 6.45) is 0.915. The second-order valence-electron chi connectivity index (χ2n) is 4.51. The number of rotatable bonds is 5. The molecule has 0 aliphatic carbocycles. The van der Waals surface area contributed by atoms with E-state index in [0.717, 1.165) is 12.0 Å². The average Bonchev–Trinajstić information content (AvgIpc) is 2.47. The van der Waals surface area contributed by atoms with Gasteiger partial charge in [-0.3, -0.25) is 0 Å². The molecule has 0 aromatic heterocycles. The molecule has 2 aromatic carbocycles. The van der Waals surface area contributed by atoms with E-state index in [-0.39, 0.29) is 10.6 Å². The minimum atomic E-state index is -3.56. The summed E-state index contributed by atoms with van der Waals surface area (Å²) in [6.45, 7) is 2.06. The first-order chi connectivity index (χ1) is 9.96. The second-order valence-corrected chi connectivity index (χ2v) is 6.37. The minimum Gasteiger partial charge on any atom is -0.457 e. The number of anilines is 1. The molecule has 0 fully saturated rings. The van der Waals surface area contributed by atoms with Crippen molar-refractivity contribution in [1.29, 1.82) is 0 Å². The van der Waals surface area contributed by atoms with Crippen LogP contribution < -0.4 is 15.2 Å². The number of nitrogens with two attached hydrogens (primary N) is 1. The van der Waals surface area contributed by atoms with Crippen molar-refractivity contribution in [3.05, 3.63) is 48.0 Å². The first kappa shape index (κ1) is 15.3. The monoisotopic (exact) mass is 306 g/mol. The maximum Gasteiger partial charge on any atom is 0.242 e. The molecular weight excluding hydrogens is 288 g/mol. The third-order valence-corrected chi connectivity index (χ3v) is 4.57. The van der Waals surface area contributed by atoms with Gasteiger partial charge < -0.3 is 10.5 Å². The van der Waals surface area contributed by atoms with Crippen molar-refractivity contribution in [2.75, 3.05) is 12.8 Å². The van der Waals surface area contributed by atoms with Crippen molar-refractivity contribution in [1.82, 2.24) is 4.72 Å². The molecule has 5 nitrogen and oxygen atoms in total. The first-order valence-electron chi connectivity index (χ1n) is 6.56. The van der Waals surface area contributed by atoms with Crippen LogP contribution in [0.5, 0.6) is 11.5 Å². The number of ether oxygens (including phenoxy) is 1. The standard InChI is InChI=1S/C15H18N2O3S/c1-3-11-5-4-6-12(9-11)20-13-7-8-15(14(16)10-13)21(18,19)17-2/h4-10,17H,3,16H2,1-2H3. The molecule has 0 atom stereocenters. The molecule has 0 saturated carbocycles. The number of hydrogen-bond acceptors (Lipinski definition) is 4. The fourth-order valence-corrected chi connectivity index (χ4v) is 2.75. The highest BCUT2D eigenvalue weighted by Crippen LogP contribution is 2.28. The predicted octanol–water partition coefficient (Wildman–Crippen LogP) is 2.53. The molecule has 0 saturated heterocycles. The second kappa shape index (κ2) is 6.15. The van der Waals surface area contributed by atoms with Crippen molar-refractivity contribution in [3.8, 4) is 11.5 Å². The van der Waals surface area contributed by atoms with Crippen LogP contribution >= 0.6 is 0 Å². The van der Waals surface area contributed by atoms with Crippen LogP contribution in [0.2, 0.25) is 0 Å². The Balaban J connectivity index is 2.28. The summed E-state index contributed by atoms with van der Waals surface area (Å²) in [4.78, 5) is 0.0414. The molecule has 112 valence electrons. The number of sulfonamides is 1. The third-order valence-electron chi connectivity index (χ3n) is 3.08. The molecule has 21 heavy (non-hydrogen) atoms. The highest BCUT2D eigenvalue weighted by Gasteiger charge is 2.15. The molecule has 2 rings (SSSR count). The van der Waals surface area contributed by atoms with Gasteiger partial charge in [0, 0.05) is 6.07 Å². The zero-order valence-electron chi connectivity index (χ0n) is 12.0. The van der Waals surface area contributed by atoms with Crippen LogP contribution in [0.1, 0.15) is 12.5 Å². The number of benzene rings is 2. The van der Waals surface area contributed by atoms with Gasteiger partial charge in [0.05, 0.1) is 5.69 Å². The maximum absolute atomic E-state index is 11.7. The number of aryl methyl sites for hydroxylation is 1. The van der Waals surface area contributed by atoms with Crippen molar-refractivity contribution >= 4 is 15.7 Å². The van der Waals surface area contributed by atoms with Crippen molar-refractivity contribution in [3.63, 3.8) is 0 Å². The summed E-state index contributed by atoms with van der Waals surface area (Å²) in [5.41, 5.74) is 7.10. The van der Waals surface area contributed by atoms with Gasteiger partial charge in [-0.2, -0.15) is 0 Å². The van der Waals surface area contributed by atoms with E-state index in [2.05, 4.69) is 11.6 Å². The SMILES string of the molecule is CCc1cccc(Oc2ccc(S(=O)(=O)NC)c(N)c2)c1. The molecule has 0 bridgehead atoms. The van der Waals surface area contributed by atoms with Crippen LogP contribution in [0.15, 0.2) is 47.4 Å². The van der Waals surface area contributed by atoms with E-state index >= 15 is 0 Å². The van der Waals surface area contributed by atoms with Gasteiger partial charge in [0.15, 0.2) is 0 Å². The Hall–Kier alpha value is -2.05. The lowest BCUT2D eigenvalue weighted by atomic mass is 10.2. The Morgan fingerprint density at radius 1 is 1.14 bits per heavy atom. The number of hydrogen-bond donors (Lipinski definition) is 2. The molecule has 6 heteroatoms. The van der Waals surface area contributed by atoms with Gasteiger partial charge in [-0.15, -0.1) is 0 Å². The maximum atomic E-state index is 11.7. The molecule has 0 unspecified atom stereocenters. The van der Waals surface area contributed by atoms with Crippen molar-refractivity contribution in [2.24, 2.45) is 0 Å². The normalized spacial score (nSPS) is 11.3. The fourth-order valence-electron chi connectivity index (χ4n) is 1.91. The molecule has 0 spiro atoms. The van der Waals surface area contributed by atoms with Gasteiger partial charge in [-0.1, -0.05) is 19.1 Å². The molecular formula is C15H18N2O3S. The molecule has 0 aliphatic rings. The summed E-state index contributed by atoms with van der Waals surface area (Å²) in [6, 6.07) is 12.2. The first-order valence-corrected chi connectivity index (χ1v) is 8.04. The zero-order valence-corrected chi connectivity index (χ0v) is 12.8. The van der Waals surface area contributed by atoms with Crippen LogP contribution in [0.25, 0.3) is 0 Å². The van der Waals surface area contributed by atoms with E-state index in [1.807, 2.05) is 24.3 Å². The van der Waals surface area contributed by atoms with E-state index in [1.165, 1.54) is 19.2 Å². The highest BCUT2D eigenvalue weighted by atomic mass is 32.2. The topological polar surface area (TPSA) is 81.4 Å². The lowest BCUT2D eigenvalue weighted by Crippen LogP contribution is -2.19. The molecule has 0 aliphatic heterocycles. The molecule has 0 radical (unpaired) electrons. The molecule has 3 N–H and O–H groups in total. The van der Waals surface area contributed by atoms with E-state index in [1.54, 1.807) is 6.07 Å². The predicted molar refractivity (Wildman–Crippen MR) is 83.0 cm³/mol. The van der Waals surface area contributed by atoms with Crippen LogP contribution in [-0.2, 0) is 16.4 Å². The lowest BCUT2D eigenvalue weighted by molar-refractivity contribution is 0.482. The lowest BCUT2D eigenvalue weighted by Gasteiger charge is -2.10. The molecule has 0 heterocycles. The van der Waals surface area contributed by atoms with Gasteiger partial charge in [0.2, 0.25) is 10.0 Å². The number of nitrogens with one attached hydrogen (secondary N) is 1. The van der Waals surface area contributed by atoms with Gasteiger partial charge in [0.1, 0.15) is 16.4 Å². The molecule has 0 amide bonds. The van der Waals surface area contributed by atoms with E-state index in [9.17, 15) is 8.42 Å². The van der Waals surface area contributed by atoms with Gasteiger partial charge in [0.25, 0.3) is 0 Å². The Morgan fingerprint density at radius 3 is 2.48 bits per heavy atom. The quantitative estimate of drug-likeness (QED) is 0.832. The van der Waals surface area contributed by atoms with Crippen LogP contribution in [-0.4, -0.2) is 15.5 Å². The summed E-state index contributed by atoms with van der Waals surface area (Å²) in [5.74, 6) is 1.19. The van der Waals surface area contributed by atoms with Gasteiger partial charge in [-0.05, 0) is 43.3 Å². The Bertz CT molecular complexity index is 742. The molecule has 2 aromatic rings. The Labute approximate surface area is 124 Å². The van der Waals surface area contributed by atoms with E-state index in [0.29, 0.717) is 11.5 Å². The summed E-state index contributed by atoms with van der Waals surface area (Å²) in [5, 5.41) is 0. The largest absolute Gasteiger partial charge is 0.457 e. The van der Waals surface area contributed by atoms with Gasteiger partial charge >= 0.3 is 0 Å². The van der Waals surface area contributed by atoms with Gasteiger partial charge in [-0.25, -0.2) is 13.1 Å². The smallest absolute Gasteiger partial charge is 0.242 e. The zero-order chi connectivity index (χ0) is 15.5. The van der Waals surface area contributed by atoms with E-state index in [4.69, 9.17) is 10.5 Å². The third kappa shape index (κ3) is 3.53. The fraction of sp³-hybridized carbons (Fsp3) is 0.200. The Kier molecular flexibility index (Phi) is 4.50. The summed E-state index contributed by atoms with van der Waals surface area (Å²) >= 11 is 0. The highest BCUT2D eigenvalue weighted by molar-refractivity contribution is 7.89. The average molecular weight is 306 g/mol. The van der Waals surface area contributed by atoms with Crippen molar-refractivity contribution in [2.45, 2.75) is 18.2 Å².